The van der Waals surface area contributed by atoms with Crippen LogP contribution in [-0.4, -0.2) is 27.6 Å². The maximum Gasteiger partial charge on any atom is 0.325 e. The van der Waals surface area contributed by atoms with E-state index in [0.29, 0.717) is 17.0 Å². The van der Waals surface area contributed by atoms with E-state index in [1.165, 1.54) is 7.11 Å². The lowest BCUT2D eigenvalue weighted by molar-refractivity contribution is -0.141. The molecular formula is C16H20N4O2. The van der Waals surface area contributed by atoms with Crippen LogP contribution in [-0.2, 0) is 16.1 Å². The van der Waals surface area contributed by atoms with Crippen LogP contribution in [0.3, 0.4) is 0 Å². The van der Waals surface area contributed by atoms with Crippen molar-refractivity contribution in [3.05, 3.63) is 23.3 Å². The topological polar surface area (TPSA) is 80.8 Å². The first kappa shape index (κ1) is 16.0. The molecule has 0 spiro atoms. The van der Waals surface area contributed by atoms with Crippen LogP contribution in [0.25, 0.3) is 11.0 Å². The first-order chi connectivity index (χ1) is 10.4. The van der Waals surface area contributed by atoms with Gasteiger partial charge in [0.1, 0.15) is 24.1 Å². The van der Waals surface area contributed by atoms with E-state index in [1.807, 2.05) is 27.7 Å². The highest BCUT2D eigenvalue weighted by molar-refractivity contribution is 5.87. The highest BCUT2D eigenvalue weighted by Crippen LogP contribution is 2.29. The lowest BCUT2D eigenvalue weighted by Gasteiger charge is -2.12. The number of ether oxygens (including phenoxy) is 1. The minimum absolute atomic E-state index is 0.0285. The number of nitriles is 1. The van der Waals surface area contributed by atoms with Crippen LogP contribution in [0.1, 0.15) is 56.6 Å². The van der Waals surface area contributed by atoms with E-state index in [4.69, 9.17) is 4.74 Å². The van der Waals surface area contributed by atoms with Crippen LogP contribution in [0.4, 0.5) is 0 Å². The quantitative estimate of drug-likeness (QED) is 0.811. The molecule has 0 aliphatic carbocycles. The van der Waals surface area contributed by atoms with E-state index < -0.39 is 0 Å². The third-order valence-corrected chi connectivity index (χ3v) is 3.47. The fourth-order valence-electron chi connectivity index (χ4n) is 2.32. The van der Waals surface area contributed by atoms with E-state index in [2.05, 4.69) is 16.0 Å². The molecule has 2 aromatic rings. The molecule has 0 radical (unpaired) electrons. The third-order valence-electron chi connectivity index (χ3n) is 3.47. The summed E-state index contributed by atoms with van der Waals surface area (Å²) in [5, 5.41) is 10.1. The number of aromatic nitrogens is 3. The molecule has 0 unspecified atom stereocenters. The van der Waals surface area contributed by atoms with Gasteiger partial charge in [-0.05, 0) is 5.92 Å². The van der Waals surface area contributed by atoms with Crippen molar-refractivity contribution in [2.45, 2.75) is 46.1 Å². The van der Waals surface area contributed by atoms with Gasteiger partial charge in [0, 0.05) is 12.1 Å². The van der Waals surface area contributed by atoms with Gasteiger partial charge in [0.05, 0.1) is 23.8 Å². The molecule has 0 aliphatic rings. The number of hydrogen-bond acceptors (Lipinski definition) is 5. The third kappa shape index (κ3) is 2.80. The first-order valence-corrected chi connectivity index (χ1v) is 7.26. The molecule has 116 valence electrons. The zero-order chi connectivity index (χ0) is 16.4. The van der Waals surface area contributed by atoms with Crippen LogP contribution in [0.5, 0.6) is 0 Å². The number of carbonyl (C=O) groups is 1. The van der Waals surface area contributed by atoms with Crippen LogP contribution in [0.2, 0.25) is 0 Å². The predicted octanol–water partition coefficient (Wildman–Crippen LogP) is 2.72. The summed E-state index contributed by atoms with van der Waals surface area (Å²) in [6.45, 7) is 8.13. The average Bonchev–Trinajstić information content (AvgIpc) is 2.83. The Labute approximate surface area is 129 Å². The summed E-state index contributed by atoms with van der Waals surface area (Å²) < 4.78 is 6.38. The molecule has 0 saturated carbocycles. The maximum atomic E-state index is 11.6. The van der Waals surface area contributed by atoms with Gasteiger partial charge in [0.25, 0.3) is 0 Å². The number of rotatable bonds is 4. The highest BCUT2D eigenvalue weighted by atomic mass is 16.5. The van der Waals surface area contributed by atoms with Gasteiger partial charge in [-0.2, -0.15) is 5.26 Å². The Morgan fingerprint density at radius 3 is 2.50 bits per heavy atom. The van der Waals surface area contributed by atoms with Gasteiger partial charge in [0.2, 0.25) is 0 Å². The molecular weight excluding hydrogens is 280 g/mol. The monoisotopic (exact) mass is 300 g/mol. The van der Waals surface area contributed by atoms with Gasteiger partial charge in [-0.3, -0.25) is 4.79 Å². The molecule has 6 heteroatoms. The zero-order valence-electron chi connectivity index (χ0n) is 13.5. The van der Waals surface area contributed by atoms with Crippen LogP contribution >= 0.6 is 0 Å². The molecule has 0 atom stereocenters. The van der Waals surface area contributed by atoms with Gasteiger partial charge in [-0.25, -0.2) is 9.97 Å². The predicted molar refractivity (Wildman–Crippen MR) is 82.4 cm³/mol. The Hall–Kier alpha value is -2.42. The van der Waals surface area contributed by atoms with Crippen molar-refractivity contribution in [2.24, 2.45) is 0 Å². The fourth-order valence-corrected chi connectivity index (χ4v) is 2.32. The number of esters is 1. The Bertz CT molecular complexity index is 754. The number of carbonyl (C=O) groups excluding carboxylic acids is 1. The normalized spacial score (nSPS) is 11.2. The summed E-state index contributed by atoms with van der Waals surface area (Å²) in [6.07, 6.45) is 1.65. The van der Waals surface area contributed by atoms with Crippen molar-refractivity contribution >= 4 is 17.0 Å². The molecule has 0 fully saturated rings. The van der Waals surface area contributed by atoms with Gasteiger partial charge in [0.15, 0.2) is 0 Å². The second-order valence-corrected chi connectivity index (χ2v) is 5.83. The first-order valence-electron chi connectivity index (χ1n) is 7.26. The Morgan fingerprint density at radius 1 is 1.32 bits per heavy atom. The van der Waals surface area contributed by atoms with Gasteiger partial charge in [-0.1, -0.05) is 27.7 Å². The Morgan fingerprint density at radius 2 is 2.00 bits per heavy atom. The van der Waals surface area contributed by atoms with Crippen molar-refractivity contribution in [1.82, 2.24) is 14.5 Å². The van der Waals surface area contributed by atoms with Crippen molar-refractivity contribution in [3.63, 3.8) is 0 Å². The van der Waals surface area contributed by atoms with E-state index in [0.717, 1.165) is 11.1 Å². The number of fused-ring (bicyclic) bond motifs is 1. The standard InChI is InChI=1S/C16H20N4O2/c1-9(2)14-13-11(6-17)7-20(8-12(21)22-5)16(13)19-15(18-14)10(3)4/h7,9-10H,8H2,1-5H3. The fraction of sp³-hybridized carbons (Fsp3) is 0.500. The lowest BCUT2D eigenvalue weighted by Crippen LogP contribution is -2.12. The molecule has 22 heavy (non-hydrogen) atoms. The van der Waals surface area contributed by atoms with Gasteiger partial charge < -0.3 is 9.30 Å². The van der Waals surface area contributed by atoms with Crippen molar-refractivity contribution in [3.8, 4) is 6.07 Å². The van der Waals surface area contributed by atoms with E-state index in [9.17, 15) is 10.1 Å². The average molecular weight is 300 g/mol. The second-order valence-electron chi connectivity index (χ2n) is 5.83. The highest BCUT2D eigenvalue weighted by Gasteiger charge is 2.20. The smallest absolute Gasteiger partial charge is 0.325 e. The minimum atomic E-state index is -0.378. The maximum absolute atomic E-state index is 11.6. The molecule has 2 heterocycles. The molecule has 0 amide bonds. The van der Waals surface area contributed by atoms with Gasteiger partial charge >= 0.3 is 5.97 Å². The molecule has 0 saturated heterocycles. The summed E-state index contributed by atoms with van der Waals surface area (Å²) in [6, 6.07) is 2.17. The van der Waals surface area contributed by atoms with E-state index >= 15 is 0 Å². The zero-order valence-corrected chi connectivity index (χ0v) is 13.5. The number of methoxy groups -OCH3 is 1. The summed E-state index contributed by atoms with van der Waals surface area (Å²) in [7, 11) is 1.34. The van der Waals surface area contributed by atoms with E-state index in [1.54, 1.807) is 10.8 Å². The summed E-state index contributed by atoms with van der Waals surface area (Å²) in [5.74, 6) is 0.653. The Kier molecular flexibility index (Phi) is 4.45. The molecule has 0 N–H and O–H groups in total. The van der Waals surface area contributed by atoms with Crippen molar-refractivity contribution in [2.75, 3.05) is 7.11 Å². The Balaban J connectivity index is 2.78. The number of nitrogens with zero attached hydrogens (tertiary/aromatic N) is 4. The molecule has 0 aliphatic heterocycles. The van der Waals surface area contributed by atoms with Crippen molar-refractivity contribution < 1.29 is 9.53 Å². The van der Waals surface area contributed by atoms with Gasteiger partial charge in [-0.15, -0.1) is 0 Å². The van der Waals surface area contributed by atoms with E-state index in [-0.39, 0.29) is 24.3 Å². The molecule has 2 rings (SSSR count). The summed E-state index contributed by atoms with van der Waals surface area (Å²) in [4.78, 5) is 20.8. The summed E-state index contributed by atoms with van der Waals surface area (Å²) >= 11 is 0. The molecule has 2 aromatic heterocycles. The largest absolute Gasteiger partial charge is 0.468 e. The molecule has 0 aromatic carbocycles. The SMILES string of the molecule is COC(=O)Cn1cc(C#N)c2c(C(C)C)nc(C(C)C)nc21. The lowest BCUT2D eigenvalue weighted by atomic mass is 10.0. The molecule has 6 nitrogen and oxygen atoms in total. The van der Waals surface area contributed by atoms with Crippen LogP contribution < -0.4 is 0 Å². The second kappa shape index (κ2) is 6.14. The number of hydrogen-bond donors (Lipinski definition) is 0. The van der Waals surface area contributed by atoms with Crippen LogP contribution in [0, 0.1) is 11.3 Å². The van der Waals surface area contributed by atoms with Crippen LogP contribution in [0.15, 0.2) is 6.20 Å². The molecule has 0 bridgehead atoms. The minimum Gasteiger partial charge on any atom is -0.468 e. The van der Waals surface area contributed by atoms with Crippen molar-refractivity contribution in [1.29, 1.82) is 5.26 Å². The summed E-state index contributed by atoms with van der Waals surface area (Å²) in [5.41, 5.74) is 1.94.